The van der Waals surface area contributed by atoms with Crippen molar-refractivity contribution < 1.29 is 0 Å². The normalized spacial score (nSPS) is 21.0. The van der Waals surface area contributed by atoms with Crippen LogP contribution >= 0.6 is 11.6 Å². The molecule has 0 radical (unpaired) electrons. The molecule has 1 nitrogen and oxygen atoms in total. The van der Waals surface area contributed by atoms with E-state index < -0.39 is 0 Å². The molecule has 0 N–H and O–H groups in total. The van der Waals surface area contributed by atoms with Crippen LogP contribution in [0.15, 0.2) is 54.6 Å². The van der Waals surface area contributed by atoms with E-state index in [0.29, 0.717) is 11.4 Å². The number of benzene rings is 2. The Balaban J connectivity index is 1.45. The smallest absolute Gasteiger partial charge is 0.0336 e. The zero-order valence-electron chi connectivity index (χ0n) is 17.6. The largest absolute Gasteiger partial charge is 0.301 e. The molecule has 1 unspecified atom stereocenters. The second-order valence-electron chi connectivity index (χ2n) is 8.44. The molecule has 0 aliphatic heterocycles. The lowest BCUT2D eigenvalue weighted by Gasteiger charge is -2.28. The molecule has 0 bridgehead atoms. The first-order chi connectivity index (χ1) is 13.7. The summed E-state index contributed by atoms with van der Waals surface area (Å²) in [5, 5.41) is 0.403. The van der Waals surface area contributed by atoms with Gasteiger partial charge in [0, 0.05) is 18.0 Å². The minimum atomic E-state index is 0.403. The lowest BCUT2D eigenvalue weighted by atomic mass is 9.83. The summed E-state index contributed by atoms with van der Waals surface area (Å²) in [4.78, 5) is 2.62. The molecule has 28 heavy (non-hydrogen) atoms. The Morgan fingerprint density at radius 1 is 0.893 bits per heavy atom. The number of aryl methyl sites for hydroxylation is 1. The molecule has 0 amide bonds. The van der Waals surface area contributed by atoms with E-state index in [1.165, 1.54) is 48.8 Å². The minimum absolute atomic E-state index is 0.403. The topological polar surface area (TPSA) is 3.24 Å². The highest BCUT2D eigenvalue weighted by atomic mass is 35.5. The van der Waals surface area contributed by atoms with Gasteiger partial charge in [0.25, 0.3) is 0 Å². The van der Waals surface area contributed by atoms with Crippen molar-refractivity contribution in [2.75, 3.05) is 13.1 Å². The SMILES string of the molecule is CCN(CCc1ccccc1)C(C)CCc1ccc(C2CCC(Cl)CC2)cc1. The number of hydrogen-bond donors (Lipinski definition) is 0. The molecule has 1 atom stereocenters. The quantitative estimate of drug-likeness (QED) is 0.419. The number of likely N-dealkylation sites (N-methyl/N-ethyl adjacent to an activating group) is 1. The summed E-state index contributed by atoms with van der Waals surface area (Å²) in [6.45, 7) is 6.93. The average Bonchev–Trinajstić information content (AvgIpc) is 2.74. The average molecular weight is 398 g/mol. The van der Waals surface area contributed by atoms with Crippen LogP contribution in [0.25, 0.3) is 0 Å². The molecule has 1 aliphatic carbocycles. The van der Waals surface area contributed by atoms with Gasteiger partial charge in [0.05, 0.1) is 0 Å². The van der Waals surface area contributed by atoms with E-state index in [1.807, 2.05) is 0 Å². The Kier molecular flexibility index (Phi) is 8.43. The fraction of sp³-hybridized carbons (Fsp3) is 0.538. The maximum atomic E-state index is 6.26. The van der Waals surface area contributed by atoms with E-state index in [1.54, 1.807) is 0 Å². The van der Waals surface area contributed by atoms with Crippen molar-refractivity contribution in [3.05, 3.63) is 71.3 Å². The van der Waals surface area contributed by atoms with Crippen molar-refractivity contribution in [2.45, 2.75) is 76.1 Å². The third kappa shape index (κ3) is 6.36. The number of rotatable bonds is 9. The third-order valence-corrected chi connectivity index (χ3v) is 6.96. The predicted molar refractivity (Wildman–Crippen MR) is 122 cm³/mol. The van der Waals surface area contributed by atoms with Gasteiger partial charge in [0.1, 0.15) is 0 Å². The molecular weight excluding hydrogens is 362 g/mol. The molecule has 0 spiro atoms. The Labute approximate surface area is 177 Å². The zero-order valence-corrected chi connectivity index (χ0v) is 18.4. The van der Waals surface area contributed by atoms with E-state index in [0.717, 1.165) is 31.8 Å². The molecular formula is C26H36ClN. The standard InChI is InChI=1S/C26H36ClN/c1-3-28(20-19-22-7-5-4-6-8-22)21(2)9-10-23-11-13-24(14-12-23)25-15-17-26(27)18-16-25/h4-8,11-14,21,25-26H,3,9-10,15-20H2,1-2H3. The summed E-state index contributed by atoms with van der Waals surface area (Å²) in [5.41, 5.74) is 4.42. The first-order valence-electron chi connectivity index (χ1n) is 11.2. The first kappa shape index (κ1) is 21.4. The highest BCUT2D eigenvalue weighted by Crippen LogP contribution is 2.34. The van der Waals surface area contributed by atoms with Crippen LogP contribution in [-0.2, 0) is 12.8 Å². The molecule has 1 aliphatic rings. The number of alkyl halides is 1. The monoisotopic (exact) mass is 397 g/mol. The maximum absolute atomic E-state index is 6.26. The fourth-order valence-corrected chi connectivity index (χ4v) is 4.76. The second kappa shape index (κ2) is 11.0. The van der Waals surface area contributed by atoms with Crippen molar-refractivity contribution in [3.8, 4) is 0 Å². The van der Waals surface area contributed by atoms with Gasteiger partial charge in [-0.15, -0.1) is 11.6 Å². The molecule has 2 aromatic carbocycles. The van der Waals surface area contributed by atoms with Crippen LogP contribution in [0.2, 0.25) is 0 Å². The van der Waals surface area contributed by atoms with E-state index in [2.05, 4.69) is 73.3 Å². The lowest BCUT2D eigenvalue weighted by Crippen LogP contribution is -2.35. The first-order valence-corrected chi connectivity index (χ1v) is 11.6. The number of hydrogen-bond acceptors (Lipinski definition) is 1. The van der Waals surface area contributed by atoms with Crippen LogP contribution in [0.4, 0.5) is 0 Å². The van der Waals surface area contributed by atoms with Gasteiger partial charge in [-0.3, -0.25) is 0 Å². The van der Waals surface area contributed by atoms with Gasteiger partial charge in [-0.2, -0.15) is 0 Å². The van der Waals surface area contributed by atoms with Gasteiger partial charge in [-0.1, -0.05) is 61.5 Å². The summed E-state index contributed by atoms with van der Waals surface area (Å²) in [5.74, 6) is 0.719. The molecule has 3 rings (SSSR count). The molecule has 1 saturated carbocycles. The molecule has 0 aromatic heterocycles. The van der Waals surface area contributed by atoms with Gasteiger partial charge >= 0.3 is 0 Å². The van der Waals surface area contributed by atoms with Crippen LogP contribution in [0.5, 0.6) is 0 Å². The van der Waals surface area contributed by atoms with Crippen LogP contribution in [0.1, 0.15) is 68.6 Å². The zero-order chi connectivity index (χ0) is 19.8. The van der Waals surface area contributed by atoms with Crippen molar-refractivity contribution in [1.82, 2.24) is 4.90 Å². The van der Waals surface area contributed by atoms with Gasteiger partial charge in [-0.25, -0.2) is 0 Å². The summed E-state index contributed by atoms with van der Waals surface area (Å²) in [6, 6.07) is 20.9. The lowest BCUT2D eigenvalue weighted by molar-refractivity contribution is 0.212. The molecule has 2 aromatic rings. The Bertz CT molecular complexity index is 673. The maximum Gasteiger partial charge on any atom is 0.0336 e. The van der Waals surface area contributed by atoms with Crippen LogP contribution in [-0.4, -0.2) is 29.4 Å². The summed E-state index contributed by atoms with van der Waals surface area (Å²) < 4.78 is 0. The highest BCUT2D eigenvalue weighted by Gasteiger charge is 2.20. The van der Waals surface area contributed by atoms with Crippen LogP contribution in [0, 0.1) is 0 Å². The predicted octanol–water partition coefficient (Wildman–Crippen LogP) is 6.84. The Hall–Kier alpha value is -1.31. The van der Waals surface area contributed by atoms with Crippen LogP contribution < -0.4 is 0 Å². The van der Waals surface area contributed by atoms with E-state index in [-0.39, 0.29) is 0 Å². The van der Waals surface area contributed by atoms with E-state index in [9.17, 15) is 0 Å². The van der Waals surface area contributed by atoms with Crippen molar-refractivity contribution in [3.63, 3.8) is 0 Å². The van der Waals surface area contributed by atoms with Crippen molar-refractivity contribution in [2.24, 2.45) is 0 Å². The number of halogens is 1. The molecule has 0 heterocycles. The Morgan fingerprint density at radius 3 is 2.18 bits per heavy atom. The summed E-state index contributed by atoms with van der Waals surface area (Å²) in [6.07, 6.45) is 8.35. The molecule has 152 valence electrons. The number of nitrogens with zero attached hydrogens (tertiary/aromatic N) is 1. The van der Waals surface area contributed by atoms with Crippen LogP contribution in [0.3, 0.4) is 0 Å². The highest BCUT2D eigenvalue weighted by molar-refractivity contribution is 6.20. The molecule has 2 heteroatoms. The van der Waals surface area contributed by atoms with Crippen molar-refractivity contribution in [1.29, 1.82) is 0 Å². The van der Waals surface area contributed by atoms with E-state index in [4.69, 9.17) is 11.6 Å². The summed E-state index contributed by atoms with van der Waals surface area (Å²) >= 11 is 6.26. The van der Waals surface area contributed by atoms with Gasteiger partial charge in [0.15, 0.2) is 0 Å². The third-order valence-electron chi connectivity index (χ3n) is 6.52. The minimum Gasteiger partial charge on any atom is -0.301 e. The fourth-order valence-electron chi connectivity index (χ4n) is 4.51. The second-order valence-corrected chi connectivity index (χ2v) is 9.06. The molecule has 1 fully saturated rings. The van der Waals surface area contributed by atoms with Gasteiger partial charge < -0.3 is 4.90 Å². The van der Waals surface area contributed by atoms with E-state index >= 15 is 0 Å². The van der Waals surface area contributed by atoms with Crippen molar-refractivity contribution >= 4 is 11.6 Å². The van der Waals surface area contributed by atoms with Gasteiger partial charge in [0.2, 0.25) is 0 Å². The molecule has 0 saturated heterocycles. The van der Waals surface area contributed by atoms with Gasteiger partial charge in [-0.05, 0) is 81.0 Å². The Morgan fingerprint density at radius 2 is 1.54 bits per heavy atom. The summed E-state index contributed by atoms with van der Waals surface area (Å²) in [7, 11) is 0.